The Balaban J connectivity index is 1.80. The number of nitro benzene ring substituents is 1. The van der Waals surface area contributed by atoms with E-state index in [4.69, 9.17) is 11.6 Å². The van der Waals surface area contributed by atoms with Gasteiger partial charge in [-0.2, -0.15) is 0 Å². The molecule has 20 heavy (non-hydrogen) atoms. The largest absolute Gasteiger partial charge is 0.375 e. The number of piperidine rings is 1. The molecule has 2 saturated heterocycles. The van der Waals surface area contributed by atoms with Crippen LogP contribution in [0.15, 0.2) is 18.2 Å². The molecule has 0 bridgehead atoms. The molecule has 2 aliphatic rings. The second-order valence-electron chi connectivity index (χ2n) is 5.56. The van der Waals surface area contributed by atoms with Crippen molar-refractivity contribution in [1.29, 1.82) is 0 Å². The van der Waals surface area contributed by atoms with Gasteiger partial charge >= 0.3 is 0 Å². The number of rotatable bonds is 3. The second kappa shape index (κ2) is 5.58. The van der Waals surface area contributed by atoms with E-state index < -0.39 is 0 Å². The maximum absolute atomic E-state index is 11.1. The van der Waals surface area contributed by atoms with Gasteiger partial charge in [0.2, 0.25) is 0 Å². The van der Waals surface area contributed by atoms with Crippen LogP contribution in [0.3, 0.4) is 0 Å². The van der Waals surface area contributed by atoms with Gasteiger partial charge in [-0.25, -0.2) is 0 Å². The van der Waals surface area contributed by atoms with Gasteiger partial charge in [0, 0.05) is 29.7 Å². The Morgan fingerprint density at radius 1 is 1.30 bits per heavy atom. The number of hydrogen-bond acceptors (Lipinski definition) is 4. The molecule has 0 spiro atoms. The molecule has 0 amide bonds. The molecule has 5 nitrogen and oxygen atoms in total. The molecule has 2 aliphatic heterocycles. The highest BCUT2D eigenvalue weighted by Gasteiger charge is 2.36. The lowest BCUT2D eigenvalue weighted by molar-refractivity contribution is -0.384. The number of hydrogen-bond donors (Lipinski definition) is 1. The van der Waals surface area contributed by atoms with E-state index in [-0.39, 0.29) is 16.7 Å². The molecule has 0 aromatic heterocycles. The molecule has 2 atom stereocenters. The topological polar surface area (TPSA) is 58.4 Å². The molecule has 0 radical (unpaired) electrons. The predicted molar refractivity (Wildman–Crippen MR) is 79.3 cm³/mol. The Kier molecular flexibility index (Phi) is 3.81. The summed E-state index contributed by atoms with van der Waals surface area (Å²) < 4.78 is 0. The molecule has 1 aromatic carbocycles. The first-order valence-electron chi connectivity index (χ1n) is 7.09. The van der Waals surface area contributed by atoms with Crippen molar-refractivity contribution in [2.75, 3.05) is 18.4 Å². The summed E-state index contributed by atoms with van der Waals surface area (Å²) in [5, 5.41) is 15.0. The molecule has 2 heterocycles. The number of benzene rings is 1. The normalized spacial score (nSPS) is 26.2. The van der Waals surface area contributed by atoms with Crippen LogP contribution >= 0.6 is 11.6 Å². The van der Waals surface area contributed by atoms with Crippen LogP contribution in [0, 0.1) is 10.1 Å². The quantitative estimate of drug-likeness (QED) is 0.687. The summed E-state index contributed by atoms with van der Waals surface area (Å²) in [6.45, 7) is 2.23. The van der Waals surface area contributed by atoms with Gasteiger partial charge in [-0.05, 0) is 37.9 Å². The van der Waals surface area contributed by atoms with Crippen molar-refractivity contribution in [2.45, 2.75) is 37.8 Å². The zero-order valence-electron chi connectivity index (χ0n) is 11.2. The minimum absolute atomic E-state index is 0.101. The summed E-state index contributed by atoms with van der Waals surface area (Å²) >= 11 is 5.97. The lowest BCUT2D eigenvalue weighted by atomic mass is 9.99. The van der Waals surface area contributed by atoms with Crippen LogP contribution in [-0.4, -0.2) is 35.0 Å². The van der Waals surface area contributed by atoms with Crippen molar-refractivity contribution < 1.29 is 4.92 Å². The van der Waals surface area contributed by atoms with Crippen LogP contribution in [0.5, 0.6) is 0 Å². The fraction of sp³-hybridized carbons (Fsp3) is 0.571. The minimum atomic E-state index is -0.355. The van der Waals surface area contributed by atoms with Crippen LogP contribution < -0.4 is 5.32 Å². The van der Waals surface area contributed by atoms with Gasteiger partial charge in [0.1, 0.15) is 5.69 Å². The van der Waals surface area contributed by atoms with E-state index in [2.05, 4.69) is 10.2 Å². The van der Waals surface area contributed by atoms with E-state index >= 15 is 0 Å². The summed E-state index contributed by atoms with van der Waals surface area (Å²) in [6, 6.07) is 5.48. The van der Waals surface area contributed by atoms with Gasteiger partial charge in [0.25, 0.3) is 5.69 Å². The Morgan fingerprint density at radius 2 is 2.15 bits per heavy atom. The molecule has 0 aliphatic carbocycles. The summed E-state index contributed by atoms with van der Waals surface area (Å²) in [4.78, 5) is 13.2. The number of nitrogens with one attached hydrogen (secondary N) is 1. The first-order chi connectivity index (χ1) is 9.65. The Hall–Kier alpha value is -1.33. The number of fused-ring (bicyclic) bond motifs is 1. The van der Waals surface area contributed by atoms with E-state index in [1.807, 2.05) is 0 Å². The maximum atomic E-state index is 11.1. The summed E-state index contributed by atoms with van der Waals surface area (Å²) in [7, 11) is 0. The van der Waals surface area contributed by atoms with Crippen LogP contribution in [0.1, 0.15) is 25.7 Å². The van der Waals surface area contributed by atoms with E-state index in [9.17, 15) is 10.1 Å². The molecular formula is C14H18ClN3O2. The lowest BCUT2D eigenvalue weighted by Gasteiger charge is -2.32. The van der Waals surface area contributed by atoms with Crippen molar-refractivity contribution in [3.63, 3.8) is 0 Å². The van der Waals surface area contributed by atoms with Gasteiger partial charge < -0.3 is 5.32 Å². The number of anilines is 1. The Labute approximate surface area is 123 Å². The Bertz CT molecular complexity index is 523. The molecule has 2 unspecified atom stereocenters. The van der Waals surface area contributed by atoms with Gasteiger partial charge in [0.05, 0.1) is 4.92 Å². The number of nitrogens with zero attached hydrogens (tertiary/aromatic N) is 2. The van der Waals surface area contributed by atoms with Gasteiger partial charge in [-0.15, -0.1) is 0 Å². The van der Waals surface area contributed by atoms with Crippen molar-refractivity contribution in [2.24, 2.45) is 0 Å². The third-order valence-corrected chi connectivity index (χ3v) is 4.59. The Morgan fingerprint density at radius 3 is 2.95 bits per heavy atom. The summed E-state index contributed by atoms with van der Waals surface area (Å²) in [6.07, 6.45) is 4.72. The van der Waals surface area contributed by atoms with E-state index in [0.29, 0.717) is 16.8 Å². The zero-order chi connectivity index (χ0) is 14.1. The van der Waals surface area contributed by atoms with E-state index in [0.717, 1.165) is 19.5 Å². The standard InChI is InChI=1S/C14H18ClN3O2/c15-10-4-5-14(18(19)20)12(9-10)16-11-6-8-17-7-2-1-3-13(11)17/h4-5,9,11,13,16H,1-3,6-8H2. The van der Waals surface area contributed by atoms with Crippen molar-refractivity contribution in [3.05, 3.63) is 33.3 Å². The van der Waals surface area contributed by atoms with Crippen molar-refractivity contribution >= 4 is 23.0 Å². The predicted octanol–water partition coefficient (Wildman–Crippen LogP) is 3.29. The van der Waals surface area contributed by atoms with Crippen LogP contribution in [0.25, 0.3) is 0 Å². The zero-order valence-corrected chi connectivity index (χ0v) is 12.0. The fourth-order valence-electron chi connectivity index (χ4n) is 3.40. The first kappa shape index (κ1) is 13.6. The maximum Gasteiger partial charge on any atom is 0.292 e. The monoisotopic (exact) mass is 295 g/mol. The average molecular weight is 296 g/mol. The first-order valence-corrected chi connectivity index (χ1v) is 7.47. The molecular weight excluding hydrogens is 278 g/mol. The molecule has 108 valence electrons. The van der Waals surface area contributed by atoms with Crippen molar-refractivity contribution in [3.8, 4) is 0 Å². The SMILES string of the molecule is O=[N+]([O-])c1ccc(Cl)cc1NC1CCN2CCCCC12. The summed E-state index contributed by atoms with van der Waals surface area (Å²) in [5.74, 6) is 0. The smallest absolute Gasteiger partial charge is 0.292 e. The van der Waals surface area contributed by atoms with E-state index in [1.54, 1.807) is 12.1 Å². The minimum Gasteiger partial charge on any atom is -0.375 e. The molecule has 1 aromatic rings. The molecule has 6 heteroatoms. The fourth-order valence-corrected chi connectivity index (χ4v) is 3.57. The van der Waals surface area contributed by atoms with Crippen LogP contribution in [0.4, 0.5) is 11.4 Å². The van der Waals surface area contributed by atoms with Gasteiger partial charge in [0.15, 0.2) is 0 Å². The highest BCUT2D eigenvalue weighted by atomic mass is 35.5. The highest BCUT2D eigenvalue weighted by Crippen LogP contribution is 2.33. The third-order valence-electron chi connectivity index (χ3n) is 4.35. The summed E-state index contributed by atoms with van der Waals surface area (Å²) in [5.41, 5.74) is 0.642. The van der Waals surface area contributed by atoms with Gasteiger partial charge in [-0.1, -0.05) is 18.0 Å². The lowest BCUT2D eigenvalue weighted by Crippen LogP contribution is -2.41. The van der Waals surface area contributed by atoms with Crippen LogP contribution in [0.2, 0.25) is 5.02 Å². The average Bonchev–Trinajstić information content (AvgIpc) is 2.82. The number of nitro groups is 1. The second-order valence-corrected chi connectivity index (χ2v) is 5.99. The number of halogens is 1. The molecule has 1 N–H and O–H groups in total. The highest BCUT2D eigenvalue weighted by molar-refractivity contribution is 6.31. The third kappa shape index (κ3) is 2.60. The van der Waals surface area contributed by atoms with Gasteiger partial charge in [-0.3, -0.25) is 15.0 Å². The van der Waals surface area contributed by atoms with Crippen molar-refractivity contribution in [1.82, 2.24) is 4.90 Å². The van der Waals surface area contributed by atoms with Crippen LogP contribution in [-0.2, 0) is 0 Å². The molecule has 0 saturated carbocycles. The molecule has 3 rings (SSSR count). The van der Waals surface area contributed by atoms with E-state index in [1.165, 1.54) is 25.3 Å². The molecule has 2 fully saturated rings.